The van der Waals surface area contributed by atoms with Crippen LogP contribution >= 0.6 is 0 Å². The Kier molecular flexibility index (Phi) is 42.3. The second-order valence-corrected chi connectivity index (χ2v) is 33.9. The van der Waals surface area contributed by atoms with Crippen LogP contribution in [0.5, 0.6) is 0 Å². The van der Waals surface area contributed by atoms with E-state index in [9.17, 15) is 45.9 Å². The van der Waals surface area contributed by atoms with Gasteiger partial charge >= 0.3 is 29.8 Å². The Morgan fingerprint density at radius 2 is 0.584 bits per heavy atom. The number of cyclic esters (lactones) is 5. The van der Waals surface area contributed by atoms with E-state index < -0.39 is 53.2 Å². The van der Waals surface area contributed by atoms with Gasteiger partial charge in [0.1, 0.15) is 36.1 Å². The summed E-state index contributed by atoms with van der Waals surface area (Å²) in [6.07, 6.45) is 46.2. The van der Waals surface area contributed by atoms with E-state index in [2.05, 4.69) is 182 Å². The third-order valence-electron chi connectivity index (χ3n) is 21.6. The molecule has 10 nitrogen and oxygen atoms in total. The molecule has 6 aromatic carbocycles. The summed E-state index contributed by atoms with van der Waals surface area (Å²) in [5, 5.41) is 2.37. The van der Waals surface area contributed by atoms with Crippen LogP contribution < -0.4 is 0 Å². The van der Waals surface area contributed by atoms with Crippen LogP contribution in [0, 0.1) is 36.0 Å². The fraction of sp³-hybridized carbons (Fsp3) is 0.373. The highest BCUT2D eigenvalue weighted by Gasteiger charge is 2.33. The molecule has 0 saturated heterocycles. The minimum Gasteiger partial charge on any atom is -0.450 e. The Morgan fingerprint density at radius 1 is 0.280 bits per heavy atom. The van der Waals surface area contributed by atoms with Crippen LogP contribution in [0.2, 0.25) is 0 Å². The molecule has 0 aliphatic carbocycles. The number of carbonyl (C=O) groups excluding carboxylic acids is 5. The molecule has 15 heteroatoms. The largest absolute Gasteiger partial charge is 0.450 e. The first-order chi connectivity index (χ1) is 59.7. The summed E-state index contributed by atoms with van der Waals surface area (Å²) in [7, 11) is 0. The first-order valence-electron chi connectivity index (χ1n) is 43.9. The van der Waals surface area contributed by atoms with E-state index in [1.807, 2.05) is 105 Å². The van der Waals surface area contributed by atoms with Gasteiger partial charge in [-0.15, -0.1) is 0 Å². The average Bonchev–Trinajstić information content (AvgIpc) is 1.24. The summed E-state index contributed by atoms with van der Waals surface area (Å²) < 4.78 is 94.2. The molecular formula is C110H129F5O10. The van der Waals surface area contributed by atoms with Gasteiger partial charge in [-0.3, -0.25) is 0 Å². The molecule has 0 N–H and O–H groups in total. The Labute approximate surface area is 740 Å². The van der Waals surface area contributed by atoms with Gasteiger partial charge in [0.15, 0.2) is 23.6 Å². The van der Waals surface area contributed by atoms with Gasteiger partial charge in [0.05, 0.1) is 5.56 Å². The molecule has 125 heavy (non-hydrogen) atoms. The summed E-state index contributed by atoms with van der Waals surface area (Å²) in [5.74, 6) is -7.05. The average molecular weight is 1710 g/mol. The molecule has 5 atom stereocenters. The van der Waals surface area contributed by atoms with Crippen molar-refractivity contribution in [2.24, 2.45) is 0 Å². The first-order valence-corrected chi connectivity index (χ1v) is 43.9. The van der Waals surface area contributed by atoms with E-state index in [0.717, 1.165) is 166 Å². The van der Waals surface area contributed by atoms with Crippen molar-refractivity contribution in [2.75, 3.05) is 0 Å². The lowest BCUT2D eigenvalue weighted by molar-refractivity contribution is -0.141. The molecule has 0 saturated carbocycles. The number of aryl methyl sites for hydroxylation is 1. The molecule has 0 spiro atoms. The van der Waals surface area contributed by atoms with Crippen LogP contribution in [0.25, 0.3) is 10.8 Å². The molecule has 0 aromatic heterocycles. The van der Waals surface area contributed by atoms with Crippen molar-refractivity contribution in [2.45, 2.75) is 270 Å². The van der Waals surface area contributed by atoms with Gasteiger partial charge < -0.3 is 23.7 Å². The molecular weight excluding hydrogens is 1580 g/mol. The number of hydrogen-bond donors (Lipinski definition) is 0. The van der Waals surface area contributed by atoms with Gasteiger partial charge in [-0.05, 0) is 333 Å². The van der Waals surface area contributed by atoms with E-state index in [1.165, 1.54) is 78.6 Å². The SMILES string of the molecule is CC(C)=CCC/C(C)=C/CCC1=C[C@@H](c2ccc3ccccc3c2)OC1=O.CC(C)=CCC/C(C)=C/CCC1=C[C@@H](c2ccccc2)OC1=O.CC(C)=CCC/C(C)=C/CCC1=C[C@@H](c2ccccc2C)OC1=O.CC(C)=CCC/C(C)=C/CCC1=C[C@H](c2c(F)cccc2F)OC1=O.CC(C)=CCC/C(C)=C/CCC1=C[C@H](c2cc(F)c(F)c(F)c2)OC1=O. The molecule has 664 valence electrons. The molecule has 11 rings (SSSR count). The standard InChI is InChI=1S/C25H28O2.C22H28O2.C21H23F3O2.C21H24F2O2.C21H26O2/c1-18(2)8-6-9-19(3)10-7-13-23-17-24(27-25(23)26)22-15-14-20-11-4-5-12-21(20)16-22;1-16(2)9-7-10-17(3)11-8-13-19-15-21(24-22(19)23)20-14-6-5-12-18(20)4;1-13(2)6-4-7-14(3)8-5-9-15-12-19(26-21(15)25)16-10-17(22)20(24)18(23)11-16;1-14(2)7-4-8-15(3)9-5-10-16-13-19(25-21(16)24)20-17(22)11-6-12-18(20)23;1-16(2)9-7-10-17(3)11-8-14-19-15-20(23-21(19)22)18-12-5-4-6-13-18/h4-5,8,10-12,14-17,24H,6-7,9,13H2,1-3H3;5-6,9,11-12,14-15,21H,7-8,10,13H2,1-4H3;6,8,10-12,19H,4-5,7,9H2,1-3H3;6-7,9,11-13,19H,4-5,8,10H2,1-3H3;4-6,9,11-13,15,20H,7-8,10,14H2,1-3H3/b19-10+;17-11+;14-8+;15-9+;17-11+/t24-;21-;2*19-;20-/m00110/s1. The third kappa shape index (κ3) is 35.3. The number of allylic oxidation sites excluding steroid dienone is 20. The minimum atomic E-state index is -1.53. The second-order valence-electron chi connectivity index (χ2n) is 33.9. The predicted molar refractivity (Wildman–Crippen MR) is 497 cm³/mol. The monoisotopic (exact) mass is 1700 g/mol. The van der Waals surface area contributed by atoms with E-state index in [4.69, 9.17) is 23.7 Å². The van der Waals surface area contributed by atoms with Gasteiger partial charge in [0.25, 0.3) is 0 Å². The zero-order valence-corrected chi connectivity index (χ0v) is 76.3. The molecule has 5 aliphatic rings. The number of rotatable bonds is 35. The van der Waals surface area contributed by atoms with Crippen molar-refractivity contribution in [3.63, 3.8) is 0 Å². The zero-order chi connectivity index (χ0) is 91.1. The predicted octanol–water partition coefficient (Wildman–Crippen LogP) is 30.6. The number of halogens is 5. The summed E-state index contributed by atoms with van der Waals surface area (Å²) in [6, 6.07) is 37.7. The van der Waals surface area contributed by atoms with Crippen LogP contribution in [0.1, 0.15) is 296 Å². The topological polar surface area (TPSA) is 132 Å². The van der Waals surface area contributed by atoms with Gasteiger partial charge in [-0.1, -0.05) is 214 Å². The number of carbonyl (C=O) groups is 5. The van der Waals surface area contributed by atoms with Gasteiger partial charge in [-0.2, -0.15) is 0 Å². The number of ether oxygens (including phenoxy) is 5. The highest BCUT2D eigenvalue weighted by atomic mass is 19.2. The molecule has 6 aromatic rings. The van der Waals surface area contributed by atoms with Crippen molar-refractivity contribution in [1.29, 1.82) is 0 Å². The maximum absolute atomic E-state index is 13.8. The highest BCUT2D eigenvalue weighted by Crippen LogP contribution is 2.38. The van der Waals surface area contributed by atoms with Crippen molar-refractivity contribution in [1.82, 2.24) is 0 Å². The molecule has 0 bridgehead atoms. The number of fused-ring (bicyclic) bond motifs is 1. The van der Waals surface area contributed by atoms with E-state index >= 15 is 0 Å². The maximum Gasteiger partial charge on any atom is 0.334 e. The maximum atomic E-state index is 13.8. The molecule has 0 amide bonds. The lowest BCUT2D eigenvalue weighted by Crippen LogP contribution is -2.06. The van der Waals surface area contributed by atoms with E-state index in [0.29, 0.717) is 36.8 Å². The number of hydrogen-bond acceptors (Lipinski definition) is 10. The second kappa shape index (κ2) is 52.5. The first kappa shape index (κ1) is 101. The van der Waals surface area contributed by atoms with Crippen molar-refractivity contribution >= 4 is 40.6 Å². The molecule has 5 aliphatic heterocycles. The normalized spacial score (nSPS) is 17.3. The Morgan fingerprint density at radius 3 is 0.952 bits per heavy atom. The summed E-state index contributed by atoms with van der Waals surface area (Å²) >= 11 is 0. The smallest absolute Gasteiger partial charge is 0.334 e. The van der Waals surface area contributed by atoms with E-state index in [1.54, 1.807) is 6.08 Å². The van der Waals surface area contributed by atoms with Gasteiger partial charge in [0, 0.05) is 33.4 Å². The Hall–Kier alpha value is -11.3. The van der Waals surface area contributed by atoms with Crippen LogP contribution in [0.4, 0.5) is 22.0 Å². The van der Waals surface area contributed by atoms with Crippen LogP contribution in [-0.4, -0.2) is 29.8 Å². The number of esters is 5. The minimum absolute atomic E-state index is 0.0817. The Bertz CT molecular complexity index is 5150. The molecule has 5 heterocycles. The van der Waals surface area contributed by atoms with Gasteiger partial charge in [0.2, 0.25) is 0 Å². The van der Waals surface area contributed by atoms with E-state index in [-0.39, 0.29) is 47.3 Å². The number of benzene rings is 6. The van der Waals surface area contributed by atoms with Crippen LogP contribution in [0.3, 0.4) is 0 Å². The van der Waals surface area contributed by atoms with Crippen molar-refractivity contribution < 1.29 is 69.6 Å². The van der Waals surface area contributed by atoms with Crippen LogP contribution in [0.15, 0.2) is 302 Å². The summed E-state index contributed by atoms with van der Waals surface area (Å²) in [4.78, 5) is 60.1. The fourth-order valence-electron chi connectivity index (χ4n) is 14.4. The molecule has 0 fully saturated rings. The van der Waals surface area contributed by atoms with Crippen LogP contribution in [-0.2, 0) is 47.7 Å². The highest BCUT2D eigenvalue weighted by molar-refractivity contribution is 5.93. The molecule has 0 radical (unpaired) electrons. The van der Waals surface area contributed by atoms with Gasteiger partial charge in [-0.25, -0.2) is 45.9 Å². The lowest BCUT2D eigenvalue weighted by atomic mass is 10.0. The third-order valence-corrected chi connectivity index (χ3v) is 21.6. The summed E-state index contributed by atoms with van der Waals surface area (Å²) in [5.41, 5.74) is 20.8. The fourth-order valence-corrected chi connectivity index (χ4v) is 14.4. The Balaban J connectivity index is 0.000000215. The molecule has 0 unspecified atom stereocenters. The lowest BCUT2D eigenvalue weighted by Gasteiger charge is -2.10. The van der Waals surface area contributed by atoms with Crippen molar-refractivity contribution in [3.8, 4) is 0 Å². The zero-order valence-electron chi connectivity index (χ0n) is 76.3. The quantitative estimate of drug-likeness (QED) is 0.0125. The van der Waals surface area contributed by atoms with Crippen molar-refractivity contribution in [3.05, 3.63) is 365 Å². The summed E-state index contributed by atoms with van der Waals surface area (Å²) in [6.45, 7) is 33.7.